The van der Waals surface area contributed by atoms with Crippen LogP contribution in [0.25, 0.3) is 0 Å². The molecule has 0 spiro atoms. The zero-order chi connectivity index (χ0) is 18.0. The van der Waals surface area contributed by atoms with Gasteiger partial charge in [0.15, 0.2) is 0 Å². The molecule has 25 heavy (non-hydrogen) atoms. The van der Waals surface area contributed by atoms with Crippen molar-refractivity contribution < 1.29 is 32.2 Å². The van der Waals surface area contributed by atoms with E-state index in [4.69, 9.17) is 25.8 Å². The predicted molar refractivity (Wildman–Crippen MR) is 83.0 cm³/mol. The number of ether oxygens (including phenoxy) is 3. The third-order valence-electron chi connectivity index (χ3n) is 3.42. The number of hydrogen-bond donors (Lipinski definition) is 0. The first-order valence-electron chi connectivity index (χ1n) is 7.28. The van der Waals surface area contributed by atoms with Gasteiger partial charge in [-0.1, -0.05) is 17.7 Å². The first kappa shape index (κ1) is 17.4. The van der Waals surface area contributed by atoms with Gasteiger partial charge in [-0.25, -0.2) is 0 Å². The number of hydrogen-bond acceptors (Lipinski definition) is 4. The Morgan fingerprint density at radius 3 is 2.52 bits per heavy atom. The van der Waals surface area contributed by atoms with Crippen molar-refractivity contribution in [3.8, 4) is 17.2 Å². The standard InChI is InChI=1S/C17H12ClF3O4/c18-14-6-10(17(19,20)21)4-5-15(14)25-12-3-1-2-11(7-12)24-13-8-16(22)23-9-13/h1-7,13H,8-9H2. The van der Waals surface area contributed by atoms with E-state index < -0.39 is 11.7 Å². The summed E-state index contributed by atoms with van der Waals surface area (Å²) in [5, 5.41) is -0.157. The lowest BCUT2D eigenvalue weighted by Gasteiger charge is -2.13. The maximum Gasteiger partial charge on any atom is 0.416 e. The fraction of sp³-hybridized carbons (Fsp3) is 0.235. The molecular formula is C17H12ClF3O4. The summed E-state index contributed by atoms with van der Waals surface area (Å²) in [5.41, 5.74) is -0.854. The number of alkyl halides is 3. The monoisotopic (exact) mass is 372 g/mol. The Bertz CT molecular complexity index is 792. The van der Waals surface area contributed by atoms with Crippen LogP contribution < -0.4 is 9.47 Å². The van der Waals surface area contributed by atoms with Crippen molar-refractivity contribution in [2.75, 3.05) is 6.61 Å². The largest absolute Gasteiger partial charge is 0.486 e. The summed E-state index contributed by atoms with van der Waals surface area (Å²) in [6.45, 7) is 0.175. The van der Waals surface area contributed by atoms with E-state index in [1.165, 1.54) is 0 Å². The van der Waals surface area contributed by atoms with Crippen molar-refractivity contribution in [3.05, 3.63) is 53.1 Å². The lowest BCUT2D eigenvalue weighted by Crippen LogP contribution is -2.15. The minimum Gasteiger partial charge on any atom is -0.486 e. The average Bonchev–Trinajstić information content (AvgIpc) is 2.94. The van der Waals surface area contributed by atoms with Gasteiger partial charge in [-0.3, -0.25) is 4.79 Å². The molecule has 2 aromatic carbocycles. The summed E-state index contributed by atoms with van der Waals surface area (Å²) >= 11 is 5.87. The molecule has 1 heterocycles. The van der Waals surface area contributed by atoms with Gasteiger partial charge in [0.25, 0.3) is 0 Å². The molecule has 0 N–H and O–H groups in total. The van der Waals surface area contributed by atoms with E-state index in [-0.39, 0.29) is 35.9 Å². The number of benzene rings is 2. The van der Waals surface area contributed by atoms with Crippen LogP contribution in [0.4, 0.5) is 13.2 Å². The Hall–Kier alpha value is -2.41. The minimum absolute atomic E-state index is 0.0891. The molecule has 132 valence electrons. The van der Waals surface area contributed by atoms with Crippen molar-refractivity contribution >= 4 is 17.6 Å². The molecule has 1 fully saturated rings. The topological polar surface area (TPSA) is 44.8 Å². The van der Waals surface area contributed by atoms with Gasteiger partial charge in [0, 0.05) is 6.07 Å². The number of carbonyl (C=O) groups excluding carboxylic acids is 1. The summed E-state index contributed by atoms with van der Waals surface area (Å²) in [6, 6.07) is 9.34. The first-order chi connectivity index (χ1) is 11.8. The van der Waals surface area contributed by atoms with Crippen LogP contribution in [0.2, 0.25) is 5.02 Å². The molecule has 0 saturated carbocycles. The highest BCUT2D eigenvalue weighted by Gasteiger charge is 2.31. The third-order valence-corrected chi connectivity index (χ3v) is 3.72. The molecule has 0 aromatic heterocycles. The summed E-state index contributed by atoms with van der Waals surface area (Å²) in [6.07, 6.45) is -4.69. The van der Waals surface area contributed by atoms with Crippen molar-refractivity contribution in [2.24, 2.45) is 0 Å². The maximum absolute atomic E-state index is 12.7. The minimum atomic E-state index is -4.48. The number of rotatable bonds is 4. The number of cyclic esters (lactones) is 1. The second-order valence-corrected chi connectivity index (χ2v) is 5.75. The van der Waals surface area contributed by atoms with Crippen LogP contribution in [0.15, 0.2) is 42.5 Å². The first-order valence-corrected chi connectivity index (χ1v) is 7.66. The molecule has 1 aliphatic rings. The zero-order valence-electron chi connectivity index (χ0n) is 12.7. The molecule has 0 amide bonds. The molecular weight excluding hydrogens is 361 g/mol. The smallest absolute Gasteiger partial charge is 0.416 e. The number of carbonyl (C=O) groups is 1. The molecule has 3 rings (SSSR count). The van der Waals surface area contributed by atoms with Gasteiger partial charge in [0.2, 0.25) is 0 Å². The highest BCUT2D eigenvalue weighted by molar-refractivity contribution is 6.32. The SMILES string of the molecule is O=C1CC(Oc2cccc(Oc3ccc(C(F)(F)F)cc3Cl)c2)CO1. The second kappa shape index (κ2) is 6.84. The normalized spacial score (nSPS) is 17.3. The zero-order valence-corrected chi connectivity index (χ0v) is 13.4. The second-order valence-electron chi connectivity index (χ2n) is 5.35. The fourth-order valence-electron chi connectivity index (χ4n) is 2.26. The van der Waals surface area contributed by atoms with E-state index in [1.807, 2.05) is 0 Å². The van der Waals surface area contributed by atoms with Gasteiger partial charge in [-0.2, -0.15) is 13.2 Å². The lowest BCUT2D eigenvalue weighted by atomic mass is 10.2. The van der Waals surface area contributed by atoms with Crippen LogP contribution in [0, 0.1) is 0 Å². The van der Waals surface area contributed by atoms with Gasteiger partial charge in [0.05, 0.1) is 17.0 Å². The fourth-order valence-corrected chi connectivity index (χ4v) is 2.47. The van der Waals surface area contributed by atoms with E-state index >= 15 is 0 Å². The van der Waals surface area contributed by atoms with Crippen LogP contribution in [0.5, 0.6) is 17.2 Å². The van der Waals surface area contributed by atoms with Crippen LogP contribution in [0.3, 0.4) is 0 Å². The molecule has 1 atom stereocenters. The molecule has 1 saturated heterocycles. The Balaban J connectivity index is 1.73. The summed E-state index contributed by atoms with van der Waals surface area (Å²) in [7, 11) is 0. The highest BCUT2D eigenvalue weighted by atomic mass is 35.5. The van der Waals surface area contributed by atoms with Crippen molar-refractivity contribution in [3.63, 3.8) is 0 Å². The van der Waals surface area contributed by atoms with Crippen LogP contribution in [0.1, 0.15) is 12.0 Å². The summed E-state index contributed by atoms with van der Waals surface area (Å²) in [4.78, 5) is 11.1. The molecule has 0 bridgehead atoms. The van der Waals surface area contributed by atoms with E-state index in [0.29, 0.717) is 11.5 Å². The molecule has 4 nitrogen and oxygen atoms in total. The van der Waals surface area contributed by atoms with Gasteiger partial charge < -0.3 is 14.2 Å². The molecule has 1 aliphatic heterocycles. The van der Waals surface area contributed by atoms with Crippen LogP contribution in [-0.4, -0.2) is 18.7 Å². The van der Waals surface area contributed by atoms with Gasteiger partial charge in [0.1, 0.15) is 30.0 Å². The van der Waals surface area contributed by atoms with E-state index in [2.05, 4.69) is 0 Å². The highest BCUT2D eigenvalue weighted by Crippen LogP contribution is 2.37. The molecule has 1 unspecified atom stereocenters. The average molecular weight is 373 g/mol. The van der Waals surface area contributed by atoms with Crippen LogP contribution >= 0.6 is 11.6 Å². The summed E-state index contributed by atoms with van der Waals surface area (Å²) < 4.78 is 53.9. The van der Waals surface area contributed by atoms with Gasteiger partial charge >= 0.3 is 12.1 Å². The van der Waals surface area contributed by atoms with Gasteiger partial charge in [-0.05, 0) is 30.3 Å². The van der Waals surface area contributed by atoms with E-state index in [0.717, 1.165) is 18.2 Å². The van der Waals surface area contributed by atoms with Crippen LogP contribution in [-0.2, 0) is 15.7 Å². The maximum atomic E-state index is 12.7. The Kier molecular flexibility index (Phi) is 4.76. The van der Waals surface area contributed by atoms with Crippen molar-refractivity contribution in [1.29, 1.82) is 0 Å². The predicted octanol–water partition coefficient (Wildman–Crippen LogP) is 4.85. The third kappa shape index (κ3) is 4.36. The number of halogens is 4. The number of esters is 1. The molecule has 2 aromatic rings. The molecule has 0 radical (unpaired) electrons. The molecule has 8 heteroatoms. The van der Waals surface area contributed by atoms with Crippen molar-refractivity contribution in [1.82, 2.24) is 0 Å². The summed E-state index contributed by atoms with van der Waals surface area (Å²) in [5.74, 6) is 0.549. The van der Waals surface area contributed by atoms with E-state index in [1.54, 1.807) is 24.3 Å². The quantitative estimate of drug-likeness (QED) is 0.720. The van der Waals surface area contributed by atoms with Crippen molar-refractivity contribution in [2.45, 2.75) is 18.7 Å². The Morgan fingerprint density at radius 2 is 1.88 bits per heavy atom. The molecule has 0 aliphatic carbocycles. The Morgan fingerprint density at radius 1 is 1.12 bits per heavy atom. The Labute approximate surface area is 146 Å². The van der Waals surface area contributed by atoms with E-state index in [9.17, 15) is 18.0 Å². The van der Waals surface area contributed by atoms with Gasteiger partial charge in [-0.15, -0.1) is 0 Å². The lowest BCUT2D eigenvalue weighted by molar-refractivity contribution is -0.138.